The summed E-state index contributed by atoms with van der Waals surface area (Å²) in [6, 6.07) is 3.61. The Morgan fingerprint density at radius 3 is 2.94 bits per heavy atom. The smallest absolute Gasteiger partial charge is 0.217 e. The first-order valence-electron chi connectivity index (χ1n) is 5.56. The van der Waals surface area contributed by atoms with Crippen LogP contribution >= 0.6 is 0 Å². The number of carbonyl (C=O) groups is 1. The fraction of sp³-hybridized carbons (Fsp3) is 0.364. The van der Waals surface area contributed by atoms with Crippen LogP contribution in [0.1, 0.15) is 24.1 Å². The molecule has 6 N–H and O–H groups in total. The van der Waals surface area contributed by atoms with Gasteiger partial charge in [0.15, 0.2) is 5.84 Å². The number of amidine groups is 1. The molecular formula is C11H17N5O2. The summed E-state index contributed by atoms with van der Waals surface area (Å²) in [6.07, 6.45) is 2.60. The van der Waals surface area contributed by atoms with Gasteiger partial charge in [-0.25, -0.2) is 0 Å². The van der Waals surface area contributed by atoms with E-state index in [0.29, 0.717) is 31.6 Å². The Balaban J connectivity index is 2.49. The van der Waals surface area contributed by atoms with Crippen molar-refractivity contribution < 1.29 is 10.0 Å². The SMILES string of the molecule is NC(=O)CCCNCc1cccnc1C(N)=NO. The van der Waals surface area contributed by atoms with Gasteiger partial charge in [-0.05, 0) is 24.6 Å². The van der Waals surface area contributed by atoms with E-state index in [1.165, 1.54) is 0 Å². The van der Waals surface area contributed by atoms with Crippen LogP contribution in [0.3, 0.4) is 0 Å². The van der Waals surface area contributed by atoms with Crippen LogP contribution in [0.15, 0.2) is 23.5 Å². The number of nitrogens with zero attached hydrogens (tertiary/aromatic N) is 2. The zero-order valence-corrected chi connectivity index (χ0v) is 9.97. The van der Waals surface area contributed by atoms with Gasteiger partial charge < -0.3 is 22.0 Å². The lowest BCUT2D eigenvalue weighted by atomic mass is 10.1. The quantitative estimate of drug-likeness (QED) is 0.171. The number of hydrogen-bond donors (Lipinski definition) is 4. The van der Waals surface area contributed by atoms with Gasteiger partial charge in [0.2, 0.25) is 5.91 Å². The summed E-state index contributed by atoms with van der Waals surface area (Å²) in [5.74, 6) is -0.333. The fourth-order valence-electron chi connectivity index (χ4n) is 1.47. The van der Waals surface area contributed by atoms with E-state index >= 15 is 0 Å². The van der Waals surface area contributed by atoms with Crippen LogP contribution in [0.25, 0.3) is 0 Å². The number of nitrogens with one attached hydrogen (secondary N) is 1. The molecule has 0 atom stereocenters. The summed E-state index contributed by atoms with van der Waals surface area (Å²) in [5, 5.41) is 14.7. The van der Waals surface area contributed by atoms with Crippen molar-refractivity contribution in [3.8, 4) is 0 Å². The van der Waals surface area contributed by atoms with Crippen LogP contribution in [0, 0.1) is 0 Å². The minimum Gasteiger partial charge on any atom is -0.409 e. The molecule has 0 unspecified atom stereocenters. The van der Waals surface area contributed by atoms with Gasteiger partial charge in [0.25, 0.3) is 0 Å². The zero-order valence-electron chi connectivity index (χ0n) is 9.97. The summed E-state index contributed by atoms with van der Waals surface area (Å²) in [4.78, 5) is 14.6. The first-order valence-corrected chi connectivity index (χ1v) is 5.56. The van der Waals surface area contributed by atoms with Crippen LogP contribution in [0.4, 0.5) is 0 Å². The molecule has 0 fully saturated rings. The summed E-state index contributed by atoms with van der Waals surface area (Å²) in [7, 11) is 0. The Morgan fingerprint density at radius 2 is 2.28 bits per heavy atom. The standard InChI is InChI=1S/C11H17N5O2/c12-9(17)4-2-5-14-7-8-3-1-6-15-10(8)11(13)16-18/h1,3,6,14,18H,2,4-5,7H2,(H2,12,17)(H2,13,16). The van der Waals surface area contributed by atoms with Crippen molar-refractivity contribution in [2.45, 2.75) is 19.4 Å². The van der Waals surface area contributed by atoms with E-state index in [-0.39, 0.29) is 11.7 Å². The number of aromatic nitrogens is 1. The molecule has 0 spiro atoms. The monoisotopic (exact) mass is 251 g/mol. The van der Waals surface area contributed by atoms with Crippen LogP contribution in [0.2, 0.25) is 0 Å². The normalized spacial score (nSPS) is 11.4. The number of rotatable bonds is 7. The highest BCUT2D eigenvalue weighted by Gasteiger charge is 2.07. The minimum absolute atomic E-state index is 0.0236. The van der Waals surface area contributed by atoms with Crippen molar-refractivity contribution in [1.82, 2.24) is 10.3 Å². The summed E-state index contributed by atoms with van der Waals surface area (Å²) in [5.41, 5.74) is 11.8. The number of nitrogens with two attached hydrogens (primary N) is 2. The van der Waals surface area contributed by atoms with Gasteiger partial charge >= 0.3 is 0 Å². The van der Waals surface area contributed by atoms with Crippen molar-refractivity contribution in [2.24, 2.45) is 16.6 Å². The average molecular weight is 251 g/mol. The second kappa shape index (κ2) is 7.23. The van der Waals surface area contributed by atoms with Gasteiger partial charge in [0.1, 0.15) is 5.69 Å². The lowest BCUT2D eigenvalue weighted by Crippen LogP contribution is -2.22. The molecule has 1 aromatic rings. The Morgan fingerprint density at radius 1 is 1.50 bits per heavy atom. The number of pyridine rings is 1. The van der Waals surface area contributed by atoms with E-state index in [9.17, 15) is 4.79 Å². The van der Waals surface area contributed by atoms with Gasteiger partial charge in [-0.2, -0.15) is 0 Å². The molecule has 1 heterocycles. The predicted molar refractivity (Wildman–Crippen MR) is 66.9 cm³/mol. The maximum atomic E-state index is 10.5. The van der Waals surface area contributed by atoms with Crippen molar-refractivity contribution in [1.29, 1.82) is 0 Å². The molecule has 0 radical (unpaired) electrons. The molecule has 0 aliphatic rings. The summed E-state index contributed by atoms with van der Waals surface area (Å²) >= 11 is 0. The molecular weight excluding hydrogens is 234 g/mol. The number of primary amides is 1. The van der Waals surface area contributed by atoms with Crippen molar-refractivity contribution >= 4 is 11.7 Å². The Hall–Kier alpha value is -2.15. The number of carbonyl (C=O) groups excluding carboxylic acids is 1. The highest BCUT2D eigenvalue weighted by molar-refractivity contribution is 5.96. The largest absolute Gasteiger partial charge is 0.409 e. The highest BCUT2D eigenvalue weighted by atomic mass is 16.4. The average Bonchev–Trinajstić information content (AvgIpc) is 2.37. The minimum atomic E-state index is -0.310. The second-order valence-electron chi connectivity index (χ2n) is 3.74. The third kappa shape index (κ3) is 4.38. The van der Waals surface area contributed by atoms with E-state index in [2.05, 4.69) is 15.5 Å². The lowest BCUT2D eigenvalue weighted by molar-refractivity contribution is -0.118. The molecule has 0 bridgehead atoms. The van der Waals surface area contributed by atoms with E-state index in [0.717, 1.165) is 5.56 Å². The lowest BCUT2D eigenvalue weighted by Gasteiger charge is -2.08. The van der Waals surface area contributed by atoms with Crippen LogP contribution in [0.5, 0.6) is 0 Å². The molecule has 0 aromatic carbocycles. The van der Waals surface area contributed by atoms with E-state index < -0.39 is 0 Å². The molecule has 1 amide bonds. The Bertz CT molecular complexity index is 433. The molecule has 7 heteroatoms. The van der Waals surface area contributed by atoms with Crippen molar-refractivity contribution in [3.05, 3.63) is 29.6 Å². The van der Waals surface area contributed by atoms with Crippen LogP contribution in [-0.4, -0.2) is 28.5 Å². The third-order valence-electron chi connectivity index (χ3n) is 2.33. The number of oxime groups is 1. The van der Waals surface area contributed by atoms with Crippen LogP contribution < -0.4 is 16.8 Å². The summed E-state index contributed by atoms with van der Waals surface area (Å²) < 4.78 is 0. The number of hydrogen-bond acceptors (Lipinski definition) is 5. The maximum Gasteiger partial charge on any atom is 0.217 e. The van der Waals surface area contributed by atoms with Gasteiger partial charge in [0, 0.05) is 19.2 Å². The Kier molecular flexibility index (Phi) is 5.59. The molecule has 7 nitrogen and oxygen atoms in total. The first kappa shape index (κ1) is 13.9. The molecule has 1 aromatic heterocycles. The van der Waals surface area contributed by atoms with Gasteiger partial charge in [-0.1, -0.05) is 11.2 Å². The van der Waals surface area contributed by atoms with Gasteiger partial charge in [-0.3, -0.25) is 9.78 Å². The van der Waals surface area contributed by atoms with E-state index in [1.807, 2.05) is 6.07 Å². The molecule has 0 aliphatic carbocycles. The van der Waals surface area contributed by atoms with Crippen molar-refractivity contribution in [2.75, 3.05) is 6.54 Å². The first-order chi connectivity index (χ1) is 8.65. The molecule has 18 heavy (non-hydrogen) atoms. The third-order valence-corrected chi connectivity index (χ3v) is 2.33. The number of amides is 1. The zero-order chi connectivity index (χ0) is 13.4. The second-order valence-corrected chi connectivity index (χ2v) is 3.74. The highest BCUT2D eigenvalue weighted by Crippen LogP contribution is 2.04. The molecule has 98 valence electrons. The maximum absolute atomic E-state index is 10.5. The Labute approximate surface area is 105 Å². The van der Waals surface area contributed by atoms with E-state index in [1.54, 1.807) is 12.3 Å². The van der Waals surface area contributed by atoms with Gasteiger partial charge in [0.05, 0.1) is 0 Å². The molecule has 0 saturated carbocycles. The van der Waals surface area contributed by atoms with Gasteiger partial charge in [-0.15, -0.1) is 0 Å². The summed E-state index contributed by atoms with van der Waals surface area (Å²) in [6.45, 7) is 1.19. The fourth-order valence-corrected chi connectivity index (χ4v) is 1.47. The van der Waals surface area contributed by atoms with Crippen LogP contribution in [-0.2, 0) is 11.3 Å². The van der Waals surface area contributed by atoms with E-state index in [4.69, 9.17) is 16.7 Å². The topological polar surface area (TPSA) is 127 Å². The predicted octanol–water partition coefficient (Wildman–Crippen LogP) is -0.469. The van der Waals surface area contributed by atoms with Crippen molar-refractivity contribution in [3.63, 3.8) is 0 Å². The molecule has 0 aliphatic heterocycles. The molecule has 1 rings (SSSR count). The molecule has 0 saturated heterocycles.